The molecule has 1 amide bonds. The molecule has 2 aromatic carbocycles. The van der Waals surface area contributed by atoms with Gasteiger partial charge in [0.2, 0.25) is 15.9 Å². The van der Waals surface area contributed by atoms with Crippen molar-refractivity contribution in [3.05, 3.63) is 47.5 Å². The van der Waals surface area contributed by atoms with Gasteiger partial charge in [0.25, 0.3) is 0 Å². The number of sulfonamides is 1. The Balaban J connectivity index is 1.23. The number of fused-ring (bicyclic) bond motifs is 1. The number of nitrogens with zero attached hydrogens (tertiary/aromatic N) is 4. The molecule has 5 rings (SSSR count). The Morgan fingerprint density at radius 3 is 2.36 bits per heavy atom. The number of benzene rings is 2. The number of carbonyl (C=O) groups excluding carboxylic acids is 1. The molecule has 2 fully saturated rings. The van der Waals surface area contributed by atoms with Gasteiger partial charge >= 0.3 is 0 Å². The van der Waals surface area contributed by atoms with Crippen molar-refractivity contribution >= 4 is 42.6 Å². The summed E-state index contributed by atoms with van der Waals surface area (Å²) in [6.07, 6.45) is 1.39. The van der Waals surface area contributed by atoms with Crippen LogP contribution in [0.3, 0.4) is 0 Å². The normalized spacial score (nSPS) is 19.6. The van der Waals surface area contributed by atoms with E-state index in [1.807, 2.05) is 4.90 Å². The number of piperazine rings is 1. The third kappa shape index (κ3) is 4.69. The van der Waals surface area contributed by atoms with Crippen molar-refractivity contribution in [1.29, 1.82) is 0 Å². The average Bonchev–Trinajstić information content (AvgIpc) is 3.38. The van der Waals surface area contributed by atoms with E-state index in [9.17, 15) is 13.2 Å². The zero-order valence-electron chi connectivity index (χ0n) is 20.9. The molecule has 2 aliphatic rings. The number of amides is 1. The number of methoxy groups -OCH3 is 1. The molecule has 2 saturated heterocycles. The smallest absolute Gasteiger partial charge is 0.243 e. The summed E-state index contributed by atoms with van der Waals surface area (Å²) in [4.78, 5) is 22.7. The fraction of sp³-hybridized carbons (Fsp3) is 0.462. The minimum Gasteiger partial charge on any atom is -0.497 e. The lowest BCUT2D eigenvalue weighted by molar-refractivity contribution is -0.137. The van der Waals surface area contributed by atoms with Crippen molar-refractivity contribution < 1.29 is 17.9 Å². The van der Waals surface area contributed by atoms with Gasteiger partial charge in [-0.25, -0.2) is 13.4 Å². The Hall–Kier alpha value is -2.69. The number of rotatable bonds is 5. The summed E-state index contributed by atoms with van der Waals surface area (Å²) in [5, 5.41) is 1.00. The number of ether oxygens (including phenoxy) is 1. The zero-order valence-corrected chi connectivity index (χ0v) is 22.6. The third-order valence-electron chi connectivity index (χ3n) is 7.22. The molecule has 1 atom stereocenters. The number of aromatic nitrogens is 1. The van der Waals surface area contributed by atoms with Gasteiger partial charge in [-0.1, -0.05) is 23.5 Å². The van der Waals surface area contributed by atoms with E-state index in [2.05, 4.69) is 30.9 Å². The molecule has 3 heterocycles. The molecular formula is C26H32N4O4S2. The van der Waals surface area contributed by atoms with Crippen LogP contribution in [0.2, 0.25) is 0 Å². The van der Waals surface area contributed by atoms with E-state index in [-0.39, 0.29) is 23.3 Å². The van der Waals surface area contributed by atoms with Crippen LogP contribution in [-0.4, -0.2) is 74.9 Å². The van der Waals surface area contributed by atoms with Crippen LogP contribution in [0, 0.1) is 19.8 Å². The topological polar surface area (TPSA) is 83.0 Å². The number of piperidine rings is 1. The molecule has 0 saturated carbocycles. The van der Waals surface area contributed by atoms with Gasteiger partial charge in [-0.2, -0.15) is 4.31 Å². The van der Waals surface area contributed by atoms with Crippen LogP contribution in [0.25, 0.3) is 10.2 Å². The third-order valence-corrected chi connectivity index (χ3v) is 10.4. The van der Waals surface area contributed by atoms with Gasteiger partial charge in [-0.05, 0) is 62.1 Å². The Labute approximate surface area is 216 Å². The highest BCUT2D eigenvalue weighted by atomic mass is 32.2. The van der Waals surface area contributed by atoms with Crippen molar-refractivity contribution in [2.45, 2.75) is 31.6 Å². The van der Waals surface area contributed by atoms with Crippen LogP contribution in [0.4, 0.5) is 5.13 Å². The van der Waals surface area contributed by atoms with Crippen LogP contribution in [0.1, 0.15) is 24.0 Å². The zero-order chi connectivity index (χ0) is 25.4. The number of carbonyl (C=O) groups is 1. The molecule has 0 radical (unpaired) electrons. The predicted octanol–water partition coefficient (Wildman–Crippen LogP) is 3.67. The quantitative estimate of drug-likeness (QED) is 0.503. The molecule has 0 aliphatic carbocycles. The van der Waals surface area contributed by atoms with E-state index in [0.29, 0.717) is 38.2 Å². The standard InChI is InChI=1S/C26H32N4O4S2/c1-18-6-7-19(2)24-23(18)27-26(35-24)29-15-13-28(14-16-29)25(31)20-5-4-12-30(17-20)36(32,33)22-10-8-21(34-3)9-11-22/h6-11,20H,4-5,12-17H2,1-3H3. The summed E-state index contributed by atoms with van der Waals surface area (Å²) < 4.78 is 34.2. The summed E-state index contributed by atoms with van der Waals surface area (Å²) >= 11 is 1.72. The highest BCUT2D eigenvalue weighted by Gasteiger charge is 2.36. The molecule has 2 aliphatic heterocycles. The lowest BCUT2D eigenvalue weighted by atomic mass is 9.98. The summed E-state index contributed by atoms with van der Waals surface area (Å²) in [7, 11) is -2.11. The molecule has 0 bridgehead atoms. The first kappa shape index (κ1) is 25.0. The van der Waals surface area contributed by atoms with Crippen LogP contribution in [0.15, 0.2) is 41.3 Å². The van der Waals surface area contributed by atoms with E-state index >= 15 is 0 Å². The molecule has 3 aromatic rings. The van der Waals surface area contributed by atoms with Crippen LogP contribution in [-0.2, 0) is 14.8 Å². The molecule has 8 nitrogen and oxygen atoms in total. The number of thiazole rings is 1. The van der Waals surface area contributed by atoms with E-state index < -0.39 is 10.0 Å². The largest absolute Gasteiger partial charge is 0.497 e. The summed E-state index contributed by atoms with van der Waals surface area (Å²) in [6, 6.07) is 10.7. The Kier molecular flexibility index (Phi) is 6.93. The number of hydrogen-bond donors (Lipinski definition) is 0. The first-order chi connectivity index (χ1) is 17.3. The van der Waals surface area contributed by atoms with Gasteiger partial charge in [-0.15, -0.1) is 0 Å². The summed E-state index contributed by atoms with van der Waals surface area (Å²) in [6.45, 7) is 7.55. The maximum Gasteiger partial charge on any atom is 0.243 e. The molecule has 10 heteroatoms. The van der Waals surface area contributed by atoms with Crippen molar-refractivity contribution in [2.24, 2.45) is 5.92 Å². The van der Waals surface area contributed by atoms with Crippen molar-refractivity contribution in [1.82, 2.24) is 14.2 Å². The van der Waals surface area contributed by atoms with Crippen molar-refractivity contribution in [3.63, 3.8) is 0 Å². The number of anilines is 1. The van der Waals surface area contributed by atoms with Gasteiger partial charge in [0.05, 0.1) is 28.1 Å². The van der Waals surface area contributed by atoms with Gasteiger partial charge in [-0.3, -0.25) is 4.79 Å². The Morgan fingerprint density at radius 1 is 1.00 bits per heavy atom. The lowest BCUT2D eigenvalue weighted by Crippen LogP contribution is -2.53. The van der Waals surface area contributed by atoms with Gasteiger partial charge in [0.1, 0.15) is 5.75 Å². The minimum absolute atomic E-state index is 0.0558. The molecule has 192 valence electrons. The van der Waals surface area contributed by atoms with Gasteiger partial charge < -0.3 is 14.5 Å². The summed E-state index contributed by atoms with van der Waals surface area (Å²) in [5.74, 6) is 0.349. The second kappa shape index (κ2) is 9.99. The van der Waals surface area contributed by atoms with E-state index in [0.717, 1.165) is 23.7 Å². The highest BCUT2D eigenvalue weighted by molar-refractivity contribution is 7.89. The van der Waals surface area contributed by atoms with Crippen molar-refractivity contribution in [3.8, 4) is 5.75 Å². The van der Waals surface area contributed by atoms with E-state index in [4.69, 9.17) is 9.72 Å². The predicted molar refractivity (Wildman–Crippen MR) is 142 cm³/mol. The number of aryl methyl sites for hydroxylation is 2. The number of hydrogen-bond acceptors (Lipinski definition) is 7. The second-order valence-corrected chi connectivity index (χ2v) is 12.5. The molecule has 1 unspecified atom stereocenters. The summed E-state index contributed by atoms with van der Waals surface area (Å²) in [5.41, 5.74) is 3.48. The molecular weight excluding hydrogens is 496 g/mol. The lowest BCUT2D eigenvalue weighted by Gasteiger charge is -2.38. The van der Waals surface area contributed by atoms with Crippen molar-refractivity contribution in [2.75, 3.05) is 51.3 Å². The van der Waals surface area contributed by atoms with E-state index in [1.54, 1.807) is 42.7 Å². The highest BCUT2D eigenvalue weighted by Crippen LogP contribution is 2.34. The molecule has 0 spiro atoms. The Bertz CT molecular complexity index is 1320. The second-order valence-electron chi connectivity index (χ2n) is 9.56. The van der Waals surface area contributed by atoms with Gasteiger partial charge in [0, 0.05) is 39.3 Å². The average molecular weight is 529 g/mol. The fourth-order valence-electron chi connectivity index (χ4n) is 5.02. The maximum absolute atomic E-state index is 13.4. The fourth-order valence-corrected chi connectivity index (χ4v) is 7.71. The van der Waals surface area contributed by atoms with Crippen LogP contribution >= 0.6 is 11.3 Å². The SMILES string of the molecule is COc1ccc(S(=O)(=O)N2CCCC(C(=O)N3CCN(c4nc5c(C)ccc(C)c5s4)CC3)C2)cc1. The maximum atomic E-state index is 13.4. The minimum atomic E-state index is -3.66. The van der Waals surface area contributed by atoms with E-state index in [1.165, 1.54) is 20.1 Å². The van der Waals surface area contributed by atoms with Gasteiger partial charge in [0.15, 0.2) is 5.13 Å². The van der Waals surface area contributed by atoms with Crippen LogP contribution in [0.5, 0.6) is 5.75 Å². The molecule has 1 aromatic heterocycles. The monoisotopic (exact) mass is 528 g/mol. The molecule has 0 N–H and O–H groups in total. The first-order valence-corrected chi connectivity index (χ1v) is 14.6. The molecule has 36 heavy (non-hydrogen) atoms. The van der Waals surface area contributed by atoms with Crippen LogP contribution < -0.4 is 9.64 Å². The first-order valence-electron chi connectivity index (χ1n) is 12.3. The Morgan fingerprint density at radius 2 is 1.69 bits per heavy atom.